The van der Waals surface area contributed by atoms with Gasteiger partial charge in [0.15, 0.2) is 0 Å². The quantitative estimate of drug-likeness (QED) is 0.327. The van der Waals surface area contributed by atoms with Crippen molar-refractivity contribution in [2.75, 3.05) is 6.61 Å². The zero-order chi connectivity index (χ0) is 23.1. The van der Waals surface area contributed by atoms with Gasteiger partial charge in [-0.25, -0.2) is 0 Å². The van der Waals surface area contributed by atoms with Crippen molar-refractivity contribution in [3.63, 3.8) is 0 Å². The second-order valence-corrected chi connectivity index (χ2v) is 7.88. The van der Waals surface area contributed by atoms with Crippen molar-refractivity contribution in [3.8, 4) is 0 Å². The summed E-state index contributed by atoms with van der Waals surface area (Å²) in [6, 6.07) is 0. The van der Waals surface area contributed by atoms with E-state index in [1.165, 1.54) is 12.2 Å². The molecule has 1 nitrogen and oxygen atoms in total. The number of aliphatic hydroxyl groups is 1. The molecule has 0 radical (unpaired) electrons. The predicted octanol–water partition coefficient (Wildman–Crippen LogP) is 7.88. The van der Waals surface area contributed by atoms with E-state index < -0.39 is 11.7 Å². The molecule has 2 bridgehead atoms. The highest BCUT2D eigenvalue weighted by Crippen LogP contribution is 2.53. The highest BCUT2D eigenvalue weighted by atomic mass is 19.4. The highest BCUT2D eigenvalue weighted by molar-refractivity contribution is 5.52. The first-order valence-electron chi connectivity index (χ1n) is 10.9. The molecule has 0 spiro atoms. The van der Waals surface area contributed by atoms with Gasteiger partial charge in [0.25, 0.3) is 0 Å². The summed E-state index contributed by atoms with van der Waals surface area (Å²) in [6.45, 7) is 20.3. The Hall–Kier alpha value is -1.81. The minimum atomic E-state index is -4.40. The van der Waals surface area contributed by atoms with Crippen molar-refractivity contribution in [1.29, 1.82) is 0 Å². The fraction of sp³-hybridized carbons (Fsp3) is 0.538. The normalized spacial score (nSPS) is 25.2. The SMILES string of the molecule is C=C(C(/C=C\C(=C\CC)C(F)(F)F)=C(/C)CCO)C1C(=C)C2CCC(C2)C1=C.CC. The second kappa shape index (κ2) is 11.5. The topological polar surface area (TPSA) is 20.2 Å². The molecule has 2 fully saturated rings. The minimum Gasteiger partial charge on any atom is -0.396 e. The zero-order valence-corrected chi connectivity index (χ0v) is 18.9. The minimum absolute atomic E-state index is 0.0643. The molecule has 2 rings (SSSR count). The number of hydrogen-bond donors (Lipinski definition) is 1. The van der Waals surface area contributed by atoms with Crippen LogP contribution in [0.5, 0.6) is 0 Å². The Bertz CT molecular complexity index is 712. The average Bonchev–Trinajstić information content (AvgIpc) is 3.14. The molecule has 2 atom stereocenters. The van der Waals surface area contributed by atoms with Crippen LogP contribution in [0.1, 0.15) is 59.8 Å². The maximum Gasteiger partial charge on any atom is 0.416 e. The van der Waals surface area contributed by atoms with E-state index in [9.17, 15) is 18.3 Å². The van der Waals surface area contributed by atoms with E-state index in [-0.39, 0.29) is 12.5 Å². The maximum atomic E-state index is 13.3. The summed E-state index contributed by atoms with van der Waals surface area (Å²) >= 11 is 0. The largest absolute Gasteiger partial charge is 0.416 e. The van der Waals surface area contributed by atoms with Gasteiger partial charge in [-0.2, -0.15) is 13.2 Å². The molecule has 0 aromatic heterocycles. The van der Waals surface area contributed by atoms with Crippen molar-refractivity contribution in [3.05, 3.63) is 71.4 Å². The van der Waals surface area contributed by atoms with Crippen LogP contribution in [-0.2, 0) is 0 Å². The molecular formula is C26H37F3O. The van der Waals surface area contributed by atoms with Crippen LogP contribution in [0.15, 0.2) is 71.4 Å². The molecule has 2 aliphatic rings. The molecule has 0 amide bonds. The summed E-state index contributed by atoms with van der Waals surface area (Å²) in [5.74, 6) is 0.765. The first kappa shape index (κ1) is 26.2. The van der Waals surface area contributed by atoms with E-state index >= 15 is 0 Å². The lowest BCUT2D eigenvalue weighted by Crippen LogP contribution is -2.23. The van der Waals surface area contributed by atoms with Gasteiger partial charge >= 0.3 is 6.18 Å². The van der Waals surface area contributed by atoms with Gasteiger partial charge in [-0.1, -0.05) is 69.4 Å². The van der Waals surface area contributed by atoms with E-state index in [1.54, 1.807) is 6.92 Å². The van der Waals surface area contributed by atoms with Gasteiger partial charge in [-0.15, -0.1) is 0 Å². The van der Waals surface area contributed by atoms with Gasteiger partial charge < -0.3 is 5.11 Å². The first-order valence-corrected chi connectivity index (χ1v) is 10.9. The first-order chi connectivity index (χ1) is 14.1. The average molecular weight is 423 g/mol. The van der Waals surface area contributed by atoms with E-state index in [0.29, 0.717) is 30.3 Å². The maximum absolute atomic E-state index is 13.3. The number of allylic oxidation sites excluding steroid dienone is 8. The number of rotatable bonds is 7. The van der Waals surface area contributed by atoms with E-state index in [2.05, 4.69) is 19.7 Å². The molecular weight excluding hydrogens is 385 g/mol. The molecule has 0 aliphatic heterocycles. The Morgan fingerprint density at radius 1 is 1.10 bits per heavy atom. The van der Waals surface area contributed by atoms with E-state index in [1.807, 2.05) is 20.8 Å². The summed E-state index contributed by atoms with van der Waals surface area (Å²) in [5, 5.41) is 9.35. The summed E-state index contributed by atoms with van der Waals surface area (Å²) in [4.78, 5) is 0. The van der Waals surface area contributed by atoms with Gasteiger partial charge in [0.2, 0.25) is 0 Å². The number of aliphatic hydroxyl groups excluding tert-OH is 1. The molecule has 0 saturated heterocycles. The van der Waals surface area contributed by atoms with E-state index in [0.717, 1.165) is 47.6 Å². The Labute approximate surface area is 180 Å². The molecule has 0 heterocycles. The van der Waals surface area contributed by atoms with Crippen molar-refractivity contribution >= 4 is 0 Å². The summed E-state index contributed by atoms with van der Waals surface area (Å²) in [5.41, 5.74) is 3.71. The number of alkyl halides is 3. The molecule has 1 N–H and O–H groups in total. The highest BCUT2D eigenvalue weighted by Gasteiger charge is 2.41. The van der Waals surface area contributed by atoms with E-state index in [4.69, 9.17) is 0 Å². The van der Waals surface area contributed by atoms with Crippen molar-refractivity contribution in [1.82, 2.24) is 0 Å². The summed E-state index contributed by atoms with van der Waals surface area (Å²) in [6.07, 6.45) is 3.33. The second-order valence-electron chi connectivity index (χ2n) is 7.88. The van der Waals surface area contributed by atoms with Crippen molar-refractivity contribution in [2.45, 2.75) is 66.0 Å². The molecule has 2 saturated carbocycles. The lowest BCUT2D eigenvalue weighted by molar-refractivity contribution is -0.0884. The van der Waals surface area contributed by atoms with Gasteiger partial charge in [-0.05, 0) is 68.1 Å². The molecule has 0 aromatic rings. The molecule has 0 aromatic carbocycles. The number of fused-ring (bicyclic) bond motifs is 2. The summed E-state index contributed by atoms with van der Waals surface area (Å²) in [7, 11) is 0. The monoisotopic (exact) mass is 422 g/mol. The Morgan fingerprint density at radius 2 is 1.63 bits per heavy atom. The van der Waals surface area contributed by atoms with Crippen LogP contribution in [0, 0.1) is 17.8 Å². The third kappa shape index (κ3) is 6.10. The van der Waals surface area contributed by atoms with Crippen LogP contribution in [0.3, 0.4) is 0 Å². The number of hydrogen-bond acceptors (Lipinski definition) is 1. The van der Waals surface area contributed by atoms with Crippen molar-refractivity contribution < 1.29 is 18.3 Å². The van der Waals surface area contributed by atoms with Crippen LogP contribution in [-0.4, -0.2) is 17.9 Å². The van der Waals surface area contributed by atoms with Gasteiger partial charge in [0.05, 0.1) is 5.57 Å². The fourth-order valence-electron chi connectivity index (χ4n) is 4.46. The molecule has 2 aliphatic carbocycles. The lowest BCUT2D eigenvalue weighted by atomic mass is 9.69. The van der Waals surface area contributed by atoms with Crippen LogP contribution < -0.4 is 0 Å². The third-order valence-electron chi connectivity index (χ3n) is 6.04. The van der Waals surface area contributed by atoms with Gasteiger partial charge in [0, 0.05) is 12.5 Å². The number of halogens is 3. The predicted molar refractivity (Wildman–Crippen MR) is 121 cm³/mol. The molecule has 4 heteroatoms. The molecule has 30 heavy (non-hydrogen) atoms. The van der Waals surface area contributed by atoms with Crippen molar-refractivity contribution in [2.24, 2.45) is 17.8 Å². The Morgan fingerprint density at radius 3 is 2.07 bits per heavy atom. The molecule has 2 unspecified atom stereocenters. The summed E-state index contributed by atoms with van der Waals surface area (Å²) < 4.78 is 39.8. The van der Waals surface area contributed by atoms with Crippen LogP contribution in [0.4, 0.5) is 13.2 Å². The van der Waals surface area contributed by atoms with Gasteiger partial charge in [-0.3, -0.25) is 0 Å². The third-order valence-corrected chi connectivity index (χ3v) is 6.04. The Balaban J connectivity index is 0.00000218. The van der Waals surface area contributed by atoms with Crippen LogP contribution in [0.2, 0.25) is 0 Å². The molecule has 168 valence electrons. The lowest BCUT2D eigenvalue weighted by Gasteiger charge is -2.35. The standard InChI is InChI=1S/C24H31F3O.C2H6/c1-6-7-21(24(25,26)27)10-11-22(15(2)12-13-28)18(5)23-16(3)19-8-9-20(14-19)17(23)4;1-2/h7,10-11,19-20,23,28H,3-6,8-9,12-14H2,1-2H3;1-2H3/b11-10-,21-7-,22-15-;. The van der Waals surface area contributed by atoms with Gasteiger partial charge in [0.1, 0.15) is 0 Å². The van der Waals surface area contributed by atoms with Crippen LogP contribution >= 0.6 is 0 Å². The fourth-order valence-corrected chi connectivity index (χ4v) is 4.46. The Kier molecular flexibility index (Phi) is 10.1. The smallest absolute Gasteiger partial charge is 0.396 e. The zero-order valence-electron chi connectivity index (χ0n) is 18.9. The van der Waals surface area contributed by atoms with Crippen LogP contribution in [0.25, 0.3) is 0 Å².